The van der Waals surface area contributed by atoms with E-state index in [9.17, 15) is 14.4 Å². The van der Waals surface area contributed by atoms with Gasteiger partial charge in [-0.1, -0.05) is 329 Å². The predicted molar refractivity (Wildman–Crippen MR) is 298 cm³/mol. The number of esters is 3. The van der Waals surface area contributed by atoms with Gasteiger partial charge in [0.05, 0.1) is 0 Å². The summed E-state index contributed by atoms with van der Waals surface area (Å²) in [5.41, 5.74) is 0. The van der Waals surface area contributed by atoms with Crippen LogP contribution in [0.1, 0.15) is 367 Å². The summed E-state index contributed by atoms with van der Waals surface area (Å²) in [6.07, 6.45) is 67.1. The zero-order valence-electron chi connectivity index (χ0n) is 47.1. The highest BCUT2D eigenvalue weighted by molar-refractivity contribution is 5.71. The van der Waals surface area contributed by atoms with Crippen LogP contribution in [0.4, 0.5) is 0 Å². The largest absolute Gasteiger partial charge is 0.462 e. The number of unbranched alkanes of at least 4 members (excludes halogenated alkanes) is 48. The van der Waals surface area contributed by atoms with Gasteiger partial charge in [0.1, 0.15) is 13.2 Å². The lowest BCUT2D eigenvalue weighted by molar-refractivity contribution is -0.167. The average molecular weight is 976 g/mol. The molecule has 0 saturated heterocycles. The first-order chi connectivity index (χ1) is 34.0. The highest BCUT2D eigenvalue weighted by atomic mass is 16.6. The standard InChI is InChI=1S/C63H122O6/c1-4-7-10-13-16-19-22-23-24-25-26-27-28-29-30-31-32-33-34-35-36-37-38-39-42-44-47-50-53-56-62(65)68-59-60(69-63(66)57-54-51-48-45-41-21-18-15-12-9-6-3)58-67-61(64)55-52-49-46-43-40-20-17-14-11-8-5-2/h60H,4-59H2,1-3H3. The SMILES string of the molecule is CCCCCCCCCCCCCCCCCCCCCCCCCCCCCCCC(=O)OCC(COC(=O)CCCCCCCCCCCCC)OC(=O)CCCCCCCCCCCCC. The van der Waals surface area contributed by atoms with Crippen molar-refractivity contribution in [3.63, 3.8) is 0 Å². The van der Waals surface area contributed by atoms with Gasteiger partial charge in [-0.05, 0) is 19.3 Å². The van der Waals surface area contributed by atoms with Crippen LogP contribution < -0.4 is 0 Å². The van der Waals surface area contributed by atoms with Gasteiger partial charge >= 0.3 is 17.9 Å². The summed E-state index contributed by atoms with van der Waals surface area (Å²) in [7, 11) is 0. The minimum absolute atomic E-state index is 0.0614. The Morgan fingerprint density at radius 1 is 0.232 bits per heavy atom. The third kappa shape index (κ3) is 57.2. The number of hydrogen-bond acceptors (Lipinski definition) is 6. The molecule has 0 radical (unpaired) electrons. The molecule has 0 bridgehead atoms. The molecule has 0 spiro atoms. The van der Waals surface area contributed by atoms with E-state index >= 15 is 0 Å². The zero-order chi connectivity index (χ0) is 50.0. The van der Waals surface area contributed by atoms with Crippen LogP contribution in [0.3, 0.4) is 0 Å². The van der Waals surface area contributed by atoms with Gasteiger partial charge in [0.15, 0.2) is 6.10 Å². The number of carbonyl (C=O) groups excluding carboxylic acids is 3. The molecular formula is C63H122O6. The third-order valence-corrected chi connectivity index (χ3v) is 14.6. The summed E-state index contributed by atoms with van der Waals surface area (Å²) in [6.45, 7) is 6.69. The van der Waals surface area contributed by atoms with Crippen LogP contribution >= 0.6 is 0 Å². The van der Waals surface area contributed by atoms with Gasteiger partial charge in [-0.25, -0.2) is 0 Å². The zero-order valence-corrected chi connectivity index (χ0v) is 47.1. The fourth-order valence-corrected chi connectivity index (χ4v) is 9.86. The first-order valence-corrected chi connectivity index (χ1v) is 31.5. The summed E-state index contributed by atoms with van der Waals surface area (Å²) >= 11 is 0. The van der Waals surface area contributed by atoms with Gasteiger partial charge in [0, 0.05) is 19.3 Å². The Morgan fingerprint density at radius 2 is 0.391 bits per heavy atom. The molecule has 6 heteroatoms. The minimum atomic E-state index is -0.760. The molecule has 0 aromatic carbocycles. The van der Waals surface area contributed by atoms with Gasteiger partial charge in [0.2, 0.25) is 0 Å². The van der Waals surface area contributed by atoms with Crippen LogP contribution in [0.25, 0.3) is 0 Å². The molecule has 69 heavy (non-hydrogen) atoms. The summed E-state index contributed by atoms with van der Waals surface area (Å²) in [5.74, 6) is -0.835. The van der Waals surface area contributed by atoms with Crippen LogP contribution in [0.2, 0.25) is 0 Å². The molecule has 0 aliphatic rings. The maximum atomic E-state index is 12.8. The summed E-state index contributed by atoms with van der Waals surface area (Å²) in [5, 5.41) is 0. The number of ether oxygens (including phenoxy) is 3. The van der Waals surface area contributed by atoms with E-state index in [0.717, 1.165) is 57.8 Å². The lowest BCUT2D eigenvalue weighted by Gasteiger charge is -2.18. The smallest absolute Gasteiger partial charge is 0.306 e. The predicted octanol–water partition coefficient (Wildman–Crippen LogP) is 21.1. The van der Waals surface area contributed by atoms with Crippen molar-refractivity contribution in [1.29, 1.82) is 0 Å². The molecule has 0 heterocycles. The normalized spacial score (nSPS) is 11.9. The van der Waals surface area contributed by atoms with E-state index < -0.39 is 6.10 Å². The lowest BCUT2D eigenvalue weighted by atomic mass is 10.0. The van der Waals surface area contributed by atoms with Gasteiger partial charge in [0.25, 0.3) is 0 Å². The maximum Gasteiger partial charge on any atom is 0.306 e. The molecule has 1 unspecified atom stereocenters. The first kappa shape index (κ1) is 67.4. The molecule has 0 aromatic heterocycles. The maximum absolute atomic E-state index is 12.8. The van der Waals surface area contributed by atoms with Crippen LogP contribution in [0, 0.1) is 0 Å². The van der Waals surface area contributed by atoms with Crippen molar-refractivity contribution < 1.29 is 28.6 Å². The van der Waals surface area contributed by atoms with E-state index in [-0.39, 0.29) is 31.1 Å². The Hall–Kier alpha value is -1.59. The number of hydrogen-bond donors (Lipinski definition) is 0. The molecule has 6 nitrogen and oxygen atoms in total. The Morgan fingerprint density at radius 3 is 0.580 bits per heavy atom. The molecule has 0 fully saturated rings. The number of rotatable bonds is 59. The van der Waals surface area contributed by atoms with Crippen molar-refractivity contribution in [3.8, 4) is 0 Å². The van der Waals surface area contributed by atoms with Crippen LogP contribution in [-0.2, 0) is 28.6 Å². The second-order valence-corrected chi connectivity index (χ2v) is 21.7. The Bertz CT molecular complexity index is 1030. The molecule has 0 aliphatic heterocycles. The van der Waals surface area contributed by atoms with Crippen molar-refractivity contribution >= 4 is 17.9 Å². The molecule has 0 amide bonds. The molecule has 0 N–H and O–H groups in total. The van der Waals surface area contributed by atoms with Crippen molar-refractivity contribution in [1.82, 2.24) is 0 Å². The van der Waals surface area contributed by atoms with Gasteiger partial charge in [-0.15, -0.1) is 0 Å². The second kappa shape index (κ2) is 59.0. The van der Waals surface area contributed by atoms with E-state index in [0.29, 0.717) is 19.3 Å². The van der Waals surface area contributed by atoms with Crippen molar-refractivity contribution in [3.05, 3.63) is 0 Å². The second-order valence-electron chi connectivity index (χ2n) is 21.7. The Balaban J connectivity index is 4.01. The van der Waals surface area contributed by atoms with E-state index in [1.54, 1.807) is 0 Å². The van der Waals surface area contributed by atoms with Gasteiger partial charge in [-0.3, -0.25) is 14.4 Å². The van der Waals surface area contributed by atoms with Gasteiger partial charge in [-0.2, -0.15) is 0 Å². The van der Waals surface area contributed by atoms with E-state index in [4.69, 9.17) is 14.2 Å². The van der Waals surface area contributed by atoms with Gasteiger partial charge < -0.3 is 14.2 Å². The van der Waals surface area contributed by atoms with E-state index in [1.165, 1.54) is 270 Å². The van der Waals surface area contributed by atoms with Crippen LogP contribution in [0.15, 0.2) is 0 Å². The molecule has 1 atom stereocenters. The fraction of sp³-hybridized carbons (Fsp3) is 0.952. The van der Waals surface area contributed by atoms with E-state index in [2.05, 4.69) is 20.8 Å². The summed E-state index contributed by atoms with van der Waals surface area (Å²) in [6, 6.07) is 0. The molecule has 0 rings (SSSR count). The Labute approximate surface area is 431 Å². The molecule has 0 saturated carbocycles. The van der Waals surface area contributed by atoms with Crippen molar-refractivity contribution in [2.45, 2.75) is 374 Å². The monoisotopic (exact) mass is 975 g/mol. The molecule has 0 aliphatic carbocycles. The highest BCUT2D eigenvalue weighted by Crippen LogP contribution is 2.18. The highest BCUT2D eigenvalue weighted by Gasteiger charge is 2.19. The van der Waals surface area contributed by atoms with Crippen molar-refractivity contribution in [2.75, 3.05) is 13.2 Å². The van der Waals surface area contributed by atoms with Crippen molar-refractivity contribution in [2.24, 2.45) is 0 Å². The Kier molecular flexibility index (Phi) is 57.6. The fourth-order valence-electron chi connectivity index (χ4n) is 9.86. The molecule has 0 aromatic rings. The van der Waals surface area contributed by atoms with Crippen LogP contribution in [0.5, 0.6) is 0 Å². The quantitative estimate of drug-likeness (QED) is 0.0343. The third-order valence-electron chi connectivity index (χ3n) is 14.6. The topological polar surface area (TPSA) is 78.9 Å². The first-order valence-electron chi connectivity index (χ1n) is 31.5. The van der Waals surface area contributed by atoms with Crippen LogP contribution in [-0.4, -0.2) is 37.2 Å². The molecule has 410 valence electrons. The minimum Gasteiger partial charge on any atom is -0.462 e. The number of carbonyl (C=O) groups is 3. The average Bonchev–Trinajstić information content (AvgIpc) is 3.35. The molecular weight excluding hydrogens is 853 g/mol. The lowest BCUT2D eigenvalue weighted by Crippen LogP contribution is -2.30. The van der Waals surface area contributed by atoms with E-state index in [1.807, 2.05) is 0 Å². The summed E-state index contributed by atoms with van der Waals surface area (Å²) in [4.78, 5) is 38.1. The summed E-state index contributed by atoms with van der Waals surface area (Å²) < 4.78 is 16.9.